The molecule has 3 aliphatic rings. The third-order valence-electron chi connectivity index (χ3n) is 13.2. The molecule has 246 valence electrons. The van der Waals surface area contributed by atoms with Crippen LogP contribution in [0, 0.1) is 60.7 Å². The topological polar surface area (TPSA) is 49.9 Å². The van der Waals surface area contributed by atoms with Crippen LogP contribution in [0.25, 0.3) is 0 Å². The van der Waals surface area contributed by atoms with Gasteiger partial charge in [-0.05, 0) is 148 Å². The lowest BCUT2D eigenvalue weighted by Gasteiger charge is -2.62. The molecule has 8 atom stereocenters. The van der Waals surface area contributed by atoms with Crippen molar-refractivity contribution in [3.05, 3.63) is 118 Å². The van der Waals surface area contributed by atoms with E-state index < -0.39 is 0 Å². The lowest BCUT2D eigenvalue weighted by molar-refractivity contribution is -0.0488. The molecule has 0 heterocycles. The molecule has 5 rings (SSSR count). The van der Waals surface area contributed by atoms with Gasteiger partial charge in [-0.3, -0.25) is 0 Å². The van der Waals surface area contributed by atoms with E-state index in [4.69, 9.17) is 11.1 Å². The second-order valence-electron chi connectivity index (χ2n) is 15.9. The predicted octanol–water partition coefficient (Wildman–Crippen LogP) is 11.0. The molecule has 0 saturated heterocycles. The maximum Gasteiger partial charge on any atom is 0.0231 e. The summed E-state index contributed by atoms with van der Waals surface area (Å²) in [5, 5.41) is 7.87. The van der Waals surface area contributed by atoms with Crippen molar-refractivity contribution < 1.29 is 0 Å². The number of hydrogen-bond acceptors (Lipinski definition) is 2. The number of nitrogens with one attached hydrogen (secondary N) is 1. The van der Waals surface area contributed by atoms with Crippen LogP contribution in [-0.4, -0.2) is 11.8 Å². The van der Waals surface area contributed by atoms with Gasteiger partial charge in [0.05, 0.1) is 0 Å². The van der Waals surface area contributed by atoms with E-state index in [2.05, 4.69) is 116 Å². The number of hydrogen-bond donors (Lipinski definition) is 2. The van der Waals surface area contributed by atoms with Crippen LogP contribution >= 0.6 is 0 Å². The Kier molecular flexibility index (Phi) is 9.91. The SMILES string of the molecule is C=CC(=C)C1[C@H](CC(C)c2c(C)ccc(CCc3cccc(C)c3)c2C)CC2C1(C)CCC1C(C)(/C=C\C)/C(=C\C=N)CCC12N. The Morgan fingerprint density at radius 2 is 1.85 bits per heavy atom. The summed E-state index contributed by atoms with van der Waals surface area (Å²) in [6.07, 6.45) is 18.9. The Morgan fingerprint density at radius 3 is 2.52 bits per heavy atom. The summed E-state index contributed by atoms with van der Waals surface area (Å²) in [6.45, 7) is 25.3. The molecule has 46 heavy (non-hydrogen) atoms. The smallest absolute Gasteiger partial charge is 0.0231 e. The van der Waals surface area contributed by atoms with Crippen LogP contribution < -0.4 is 5.73 Å². The maximum atomic E-state index is 7.87. The largest absolute Gasteiger partial charge is 0.325 e. The van der Waals surface area contributed by atoms with E-state index in [9.17, 15) is 0 Å². The molecular formula is C44H60N2. The van der Waals surface area contributed by atoms with Crippen LogP contribution in [0.5, 0.6) is 0 Å². The van der Waals surface area contributed by atoms with E-state index in [1.54, 1.807) is 5.56 Å². The molecule has 0 radical (unpaired) electrons. The average Bonchev–Trinajstić information content (AvgIpc) is 3.31. The molecule has 2 nitrogen and oxygen atoms in total. The monoisotopic (exact) mass is 616 g/mol. The van der Waals surface area contributed by atoms with E-state index in [0.717, 1.165) is 44.9 Å². The summed E-state index contributed by atoms with van der Waals surface area (Å²) in [5.41, 5.74) is 18.8. The van der Waals surface area contributed by atoms with E-state index in [1.165, 1.54) is 51.6 Å². The van der Waals surface area contributed by atoms with Gasteiger partial charge in [-0.15, -0.1) is 0 Å². The zero-order chi connectivity index (χ0) is 33.4. The predicted molar refractivity (Wildman–Crippen MR) is 199 cm³/mol. The molecule has 7 unspecified atom stereocenters. The molecule has 0 spiro atoms. The van der Waals surface area contributed by atoms with Crippen molar-refractivity contribution in [2.45, 2.75) is 111 Å². The molecule has 3 N–H and O–H groups in total. The van der Waals surface area contributed by atoms with Crippen molar-refractivity contribution in [2.24, 2.45) is 40.2 Å². The molecule has 2 heteroatoms. The van der Waals surface area contributed by atoms with Crippen LogP contribution in [0.1, 0.15) is 106 Å². The fourth-order valence-electron chi connectivity index (χ4n) is 11.3. The summed E-state index contributed by atoms with van der Waals surface area (Å²) < 4.78 is 0. The van der Waals surface area contributed by atoms with Crippen LogP contribution in [0.3, 0.4) is 0 Å². The van der Waals surface area contributed by atoms with E-state index in [1.807, 2.05) is 6.08 Å². The zero-order valence-corrected chi connectivity index (χ0v) is 29.9. The Balaban J connectivity index is 1.45. The minimum Gasteiger partial charge on any atom is -0.325 e. The third kappa shape index (κ3) is 5.85. The Hall–Kier alpha value is -2.97. The van der Waals surface area contributed by atoms with Crippen molar-refractivity contribution in [2.75, 3.05) is 0 Å². The Morgan fingerprint density at radius 1 is 1.09 bits per heavy atom. The van der Waals surface area contributed by atoms with Gasteiger partial charge in [0.15, 0.2) is 0 Å². The van der Waals surface area contributed by atoms with Gasteiger partial charge in [0.25, 0.3) is 0 Å². The zero-order valence-electron chi connectivity index (χ0n) is 29.9. The van der Waals surface area contributed by atoms with Crippen LogP contribution in [0.4, 0.5) is 0 Å². The molecule has 2 aromatic rings. The average molecular weight is 617 g/mol. The van der Waals surface area contributed by atoms with E-state index in [0.29, 0.717) is 29.6 Å². The minimum absolute atomic E-state index is 0.107. The first kappa shape index (κ1) is 34.4. The standard InChI is InChI=1S/C44H60N2/c1-10-22-42(8)37(21-25-45)19-24-44(46)38(42)20-23-43(9)39(44)28-36(41(43)30(4)11-2)27-32(6)40-31(5)15-17-35(33(40)7)18-16-34-14-12-13-29(3)26-34/h10-15,17,21-22,25-26,32,36,38-39,41,45H,2,4,16,18-20,23-24,27-28,46H2,1,3,5-9H3/b22-10-,37-21-,45-25?/t32?,36-,38?,39?,41?,42?,43?,44?/m1/s1. The van der Waals surface area contributed by atoms with Crippen molar-refractivity contribution in [3.63, 3.8) is 0 Å². The van der Waals surface area contributed by atoms with Gasteiger partial charge in [-0.25, -0.2) is 0 Å². The molecule has 2 aromatic carbocycles. The first-order chi connectivity index (χ1) is 21.8. The second-order valence-corrected chi connectivity index (χ2v) is 15.9. The van der Waals surface area contributed by atoms with Crippen molar-refractivity contribution >= 4 is 6.21 Å². The van der Waals surface area contributed by atoms with Crippen molar-refractivity contribution in [1.29, 1.82) is 5.41 Å². The first-order valence-corrected chi connectivity index (χ1v) is 17.9. The lowest BCUT2D eigenvalue weighted by atomic mass is 9.45. The van der Waals surface area contributed by atoms with E-state index >= 15 is 0 Å². The highest BCUT2D eigenvalue weighted by molar-refractivity contribution is 5.70. The molecule has 0 amide bonds. The van der Waals surface area contributed by atoms with Crippen LogP contribution in [0.2, 0.25) is 0 Å². The summed E-state index contributed by atoms with van der Waals surface area (Å²) in [5.74, 6) is 2.19. The molecule has 0 aromatic heterocycles. The van der Waals surface area contributed by atoms with Gasteiger partial charge in [-0.1, -0.05) is 105 Å². The number of fused-ring (bicyclic) bond motifs is 3. The molecule has 0 bridgehead atoms. The molecule has 3 saturated carbocycles. The van der Waals surface area contributed by atoms with Gasteiger partial charge in [0.2, 0.25) is 0 Å². The molecular weight excluding hydrogens is 556 g/mol. The maximum absolute atomic E-state index is 7.87. The van der Waals surface area contributed by atoms with Gasteiger partial charge in [0.1, 0.15) is 0 Å². The van der Waals surface area contributed by atoms with Crippen molar-refractivity contribution in [3.8, 4) is 0 Å². The normalized spacial score (nSPS) is 33.9. The molecule has 3 aliphatic carbocycles. The second kappa shape index (κ2) is 13.3. The number of benzene rings is 2. The van der Waals surface area contributed by atoms with Gasteiger partial charge >= 0.3 is 0 Å². The van der Waals surface area contributed by atoms with Gasteiger partial charge in [0, 0.05) is 17.2 Å². The number of rotatable bonds is 10. The van der Waals surface area contributed by atoms with Crippen LogP contribution in [0.15, 0.2) is 85.0 Å². The van der Waals surface area contributed by atoms with Gasteiger partial charge in [-0.2, -0.15) is 0 Å². The minimum atomic E-state index is -0.236. The summed E-state index contributed by atoms with van der Waals surface area (Å²) >= 11 is 0. The van der Waals surface area contributed by atoms with Crippen LogP contribution in [-0.2, 0) is 12.8 Å². The summed E-state index contributed by atoms with van der Waals surface area (Å²) in [4.78, 5) is 0. The summed E-state index contributed by atoms with van der Waals surface area (Å²) in [7, 11) is 0. The summed E-state index contributed by atoms with van der Waals surface area (Å²) in [6, 6.07) is 13.7. The highest BCUT2D eigenvalue weighted by Gasteiger charge is 2.66. The fourth-order valence-corrected chi connectivity index (χ4v) is 11.3. The lowest BCUT2D eigenvalue weighted by Crippen LogP contribution is -2.66. The van der Waals surface area contributed by atoms with Crippen molar-refractivity contribution in [1.82, 2.24) is 0 Å². The molecule has 0 aliphatic heterocycles. The molecule has 3 fully saturated rings. The first-order valence-electron chi connectivity index (χ1n) is 17.9. The number of nitrogens with two attached hydrogens (primary N) is 1. The van der Waals surface area contributed by atoms with E-state index in [-0.39, 0.29) is 16.4 Å². The quantitative estimate of drug-likeness (QED) is 0.156. The fraction of sp³-hybridized carbons (Fsp3) is 0.523. The number of allylic oxidation sites excluding steroid dienone is 6. The van der Waals surface area contributed by atoms with Gasteiger partial charge < -0.3 is 11.1 Å². The Labute approximate surface area is 280 Å². The number of aryl methyl sites for hydroxylation is 4. The highest BCUT2D eigenvalue weighted by atomic mass is 14.9. The third-order valence-corrected chi connectivity index (χ3v) is 13.2. The highest BCUT2D eigenvalue weighted by Crippen LogP contribution is 2.69. The Bertz CT molecular complexity index is 1540.